The van der Waals surface area contributed by atoms with E-state index in [9.17, 15) is 0 Å². The molecule has 2 unspecified atom stereocenters. The summed E-state index contributed by atoms with van der Waals surface area (Å²) in [5, 5.41) is 2.75. The number of fused-ring (bicyclic) bond motifs is 1. The smallest absolute Gasteiger partial charge is 0.195 e. The Morgan fingerprint density at radius 1 is 1.17 bits per heavy atom. The Hall–Kier alpha value is -1.21. The molecule has 0 radical (unpaired) electrons. The van der Waals surface area contributed by atoms with Crippen molar-refractivity contribution in [3.63, 3.8) is 0 Å². The Bertz CT molecular complexity index is 929. The fraction of sp³-hybridized carbons (Fsp3) is 0.652. The molecule has 1 aliphatic rings. The van der Waals surface area contributed by atoms with Crippen molar-refractivity contribution in [2.75, 3.05) is 11.4 Å². The standard InChI is InChI=1S/C23H36ClN3O2Si/c1-15(2)20-18-12-19(24)25-13-17(18)14-26-21(20)27-11-10-23(27,7)28-16(3)29-30(8,9)22(4,5)6/h12-16H,10-11H2,1-9H3. The zero-order valence-corrected chi connectivity index (χ0v) is 21.6. The van der Waals surface area contributed by atoms with Crippen LogP contribution in [0.4, 0.5) is 5.82 Å². The zero-order valence-electron chi connectivity index (χ0n) is 19.8. The zero-order chi connectivity index (χ0) is 22.5. The lowest BCUT2D eigenvalue weighted by Crippen LogP contribution is -2.62. The highest BCUT2D eigenvalue weighted by Crippen LogP contribution is 2.43. The predicted molar refractivity (Wildman–Crippen MR) is 128 cm³/mol. The van der Waals surface area contributed by atoms with Crippen LogP contribution in [0.5, 0.6) is 0 Å². The lowest BCUT2D eigenvalue weighted by molar-refractivity contribution is -0.182. The Kier molecular flexibility index (Phi) is 6.29. The van der Waals surface area contributed by atoms with E-state index in [0.717, 1.165) is 29.6 Å². The maximum absolute atomic E-state index is 6.50. The van der Waals surface area contributed by atoms with Gasteiger partial charge in [0.2, 0.25) is 0 Å². The van der Waals surface area contributed by atoms with Crippen molar-refractivity contribution < 1.29 is 9.16 Å². The van der Waals surface area contributed by atoms with E-state index in [1.54, 1.807) is 6.20 Å². The van der Waals surface area contributed by atoms with Gasteiger partial charge in [0, 0.05) is 36.3 Å². The number of nitrogens with zero attached hydrogens (tertiary/aromatic N) is 3. The van der Waals surface area contributed by atoms with Crippen molar-refractivity contribution in [2.24, 2.45) is 0 Å². The average Bonchev–Trinajstić information content (AvgIpc) is 2.58. The summed E-state index contributed by atoms with van der Waals surface area (Å²) in [6.07, 6.45) is 4.34. The third kappa shape index (κ3) is 4.38. The number of aromatic nitrogens is 2. The normalized spacial score (nSPS) is 21.2. The fourth-order valence-corrected chi connectivity index (χ4v) is 5.24. The molecule has 0 spiro atoms. The molecule has 2 atom stereocenters. The van der Waals surface area contributed by atoms with Crippen LogP contribution in [0.1, 0.15) is 66.4 Å². The molecule has 0 aromatic carbocycles. The van der Waals surface area contributed by atoms with Crippen molar-refractivity contribution in [1.29, 1.82) is 0 Å². The summed E-state index contributed by atoms with van der Waals surface area (Å²) in [6, 6.07) is 1.94. The van der Waals surface area contributed by atoms with E-state index in [0.29, 0.717) is 11.1 Å². The van der Waals surface area contributed by atoms with Crippen LogP contribution in [0, 0.1) is 0 Å². The van der Waals surface area contributed by atoms with Crippen molar-refractivity contribution in [3.8, 4) is 0 Å². The molecule has 1 saturated heterocycles. The number of hydrogen-bond donors (Lipinski definition) is 0. The van der Waals surface area contributed by atoms with Gasteiger partial charge < -0.3 is 14.1 Å². The predicted octanol–water partition coefficient (Wildman–Crippen LogP) is 6.72. The van der Waals surface area contributed by atoms with Crippen molar-refractivity contribution in [2.45, 2.75) is 91.0 Å². The molecule has 0 saturated carbocycles. The molecule has 30 heavy (non-hydrogen) atoms. The lowest BCUT2D eigenvalue weighted by Gasteiger charge is -2.53. The summed E-state index contributed by atoms with van der Waals surface area (Å²) in [5.74, 6) is 1.26. The number of halogens is 1. The second-order valence-corrected chi connectivity index (χ2v) is 15.5. The summed E-state index contributed by atoms with van der Waals surface area (Å²) >= 11 is 6.22. The lowest BCUT2D eigenvalue weighted by atomic mass is 9.93. The van der Waals surface area contributed by atoms with Crippen LogP contribution in [0.2, 0.25) is 23.3 Å². The minimum Gasteiger partial charge on any atom is -0.392 e. The molecule has 166 valence electrons. The minimum atomic E-state index is -1.91. The second kappa shape index (κ2) is 8.04. The van der Waals surface area contributed by atoms with E-state index < -0.39 is 14.0 Å². The number of anilines is 1. The first-order chi connectivity index (χ1) is 13.7. The van der Waals surface area contributed by atoms with Crippen LogP contribution in [0.3, 0.4) is 0 Å². The van der Waals surface area contributed by atoms with Gasteiger partial charge in [-0.2, -0.15) is 0 Å². The van der Waals surface area contributed by atoms with Crippen LogP contribution in [-0.2, 0) is 9.16 Å². The highest BCUT2D eigenvalue weighted by atomic mass is 35.5. The average molecular weight is 450 g/mol. The molecule has 5 nitrogen and oxygen atoms in total. The Balaban J connectivity index is 1.90. The van der Waals surface area contributed by atoms with E-state index >= 15 is 0 Å². The number of pyridine rings is 2. The van der Waals surface area contributed by atoms with Gasteiger partial charge in [-0.05, 0) is 49.4 Å². The van der Waals surface area contributed by atoms with Gasteiger partial charge in [-0.3, -0.25) is 0 Å². The SMILES string of the molecule is CC(OC1(C)CCN1c1ncc2cnc(Cl)cc2c1C(C)C)O[Si](C)(C)C(C)(C)C. The van der Waals surface area contributed by atoms with E-state index in [1.807, 2.05) is 19.2 Å². The monoisotopic (exact) mass is 449 g/mol. The van der Waals surface area contributed by atoms with Crippen LogP contribution < -0.4 is 4.90 Å². The highest BCUT2D eigenvalue weighted by molar-refractivity contribution is 6.74. The molecule has 2 aromatic heterocycles. The topological polar surface area (TPSA) is 47.5 Å². The minimum absolute atomic E-state index is 0.142. The Morgan fingerprint density at radius 2 is 1.80 bits per heavy atom. The van der Waals surface area contributed by atoms with Gasteiger partial charge in [0.05, 0.1) is 0 Å². The molecule has 2 aromatic rings. The second-order valence-electron chi connectivity index (χ2n) is 10.4. The third-order valence-electron chi connectivity index (χ3n) is 6.65. The van der Waals surface area contributed by atoms with Crippen LogP contribution in [-0.4, -0.2) is 36.8 Å². The van der Waals surface area contributed by atoms with Gasteiger partial charge in [-0.25, -0.2) is 9.97 Å². The molecule has 1 aliphatic heterocycles. The van der Waals surface area contributed by atoms with Crippen molar-refractivity contribution >= 4 is 36.5 Å². The first-order valence-electron chi connectivity index (χ1n) is 10.8. The molecular weight excluding hydrogens is 414 g/mol. The summed E-state index contributed by atoms with van der Waals surface area (Å²) in [7, 11) is -1.91. The summed E-state index contributed by atoms with van der Waals surface area (Å²) in [6.45, 7) is 20.7. The van der Waals surface area contributed by atoms with Gasteiger partial charge in [0.15, 0.2) is 8.32 Å². The van der Waals surface area contributed by atoms with Crippen LogP contribution in [0.15, 0.2) is 18.5 Å². The molecule has 0 amide bonds. The molecule has 0 bridgehead atoms. The van der Waals surface area contributed by atoms with Crippen LogP contribution >= 0.6 is 11.6 Å². The quantitative estimate of drug-likeness (QED) is 0.278. The van der Waals surface area contributed by atoms with E-state index in [1.165, 1.54) is 5.56 Å². The van der Waals surface area contributed by atoms with Crippen LogP contribution in [0.25, 0.3) is 10.8 Å². The molecule has 0 N–H and O–H groups in total. The molecular formula is C23H36ClN3O2Si. The summed E-state index contributed by atoms with van der Waals surface area (Å²) < 4.78 is 13.0. The van der Waals surface area contributed by atoms with Gasteiger partial charge in [-0.1, -0.05) is 46.2 Å². The number of hydrogen-bond acceptors (Lipinski definition) is 5. The van der Waals surface area contributed by atoms with Gasteiger partial charge in [-0.15, -0.1) is 0 Å². The molecule has 0 aliphatic carbocycles. The maximum atomic E-state index is 6.50. The van der Waals surface area contributed by atoms with Crippen molar-refractivity contribution in [3.05, 3.63) is 29.2 Å². The largest absolute Gasteiger partial charge is 0.392 e. The third-order valence-corrected chi connectivity index (χ3v) is 11.4. The van der Waals surface area contributed by atoms with E-state index in [4.69, 9.17) is 25.7 Å². The first kappa shape index (κ1) is 23.5. The van der Waals surface area contributed by atoms with E-state index in [2.05, 4.69) is 64.5 Å². The Morgan fingerprint density at radius 3 is 2.33 bits per heavy atom. The summed E-state index contributed by atoms with van der Waals surface area (Å²) in [4.78, 5) is 11.3. The summed E-state index contributed by atoms with van der Waals surface area (Å²) in [5.41, 5.74) is 0.743. The maximum Gasteiger partial charge on any atom is 0.195 e. The van der Waals surface area contributed by atoms with Gasteiger partial charge in [0.25, 0.3) is 0 Å². The molecule has 1 fully saturated rings. The van der Waals surface area contributed by atoms with Gasteiger partial charge in [0.1, 0.15) is 23.0 Å². The van der Waals surface area contributed by atoms with Crippen molar-refractivity contribution in [1.82, 2.24) is 9.97 Å². The number of ether oxygens (including phenoxy) is 1. The molecule has 3 heterocycles. The molecule has 3 rings (SSSR count). The molecule has 7 heteroatoms. The fourth-order valence-electron chi connectivity index (χ4n) is 3.85. The number of rotatable bonds is 6. The highest BCUT2D eigenvalue weighted by Gasteiger charge is 2.46. The van der Waals surface area contributed by atoms with Gasteiger partial charge >= 0.3 is 0 Å². The van der Waals surface area contributed by atoms with E-state index in [-0.39, 0.29) is 11.3 Å². The Labute approximate surface area is 187 Å². The first-order valence-corrected chi connectivity index (χ1v) is 14.1.